The Labute approximate surface area is 202 Å². The maximum atomic E-state index is 13.0. The highest BCUT2D eigenvalue weighted by Gasteiger charge is 2.34. The molecule has 1 fully saturated rings. The van der Waals surface area contributed by atoms with Crippen LogP contribution in [0.25, 0.3) is 16.1 Å². The van der Waals surface area contributed by atoms with Crippen LogP contribution in [0.3, 0.4) is 0 Å². The molecule has 0 unspecified atom stereocenters. The van der Waals surface area contributed by atoms with Crippen LogP contribution >= 0.6 is 11.3 Å². The van der Waals surface area contributed by atoms with Crippen molar-refractivity contribution in [1.29, 1.82) is 0 Å². The van der Waals surface area contributed by atoms with Crippen molar-refractivity contribution in [3.63, 3.8) is 0 Å². The summed E-state index contributed by atoms with van der Waals surface area (Å²) < 4.78 is 2.67. The number of hydrogen-bond donors (Lipinski definition) is 3. The number of aliphatic hydroxyl groups is 1. The van der Waals surface area contributed by atoms with Crippen LogP contribution in [-0.4, -0.2) is 65.0 Å². The van der Waals surface area contributed by atoms with Crippen LogP contribution in [0.2, 0.25) is 0 Å². The number of likely N-dealkylation sites (tertiary alicyclic amines) is 1. The molecule has 1 saturated heterocycles. The van der Waals surface area contributed by atoms with Gasteiger partial charge in [0.1, 0.15) is 22.5 Å². The largest absolute Gasteiger partial charge is 0.465 e. The fourth-order valence-corrected chi connectivity index (χ4v) is 4.89. The lowest BCUT2D eigenvalue weighted by Gasteiger charge is -2.37. The van der Waals surface area contributed by atoms with E-state index in [4.69, 9.17) is 5.11 Å². The summed E-state index contributed by atoms with van der Waals surface area (Å²) in [5, 5.41) is 29.4. The molecule has 11 nitrogen and oxygen atoms in total. The number of carbonyl (C=O) groups is 2. The van der Waals surface area contributed by atoms with Crippen molar-refractivity contribution in [2.24, 2.45) is 0 Å². The number of carbonyl (C=O) groups excluding carboxylic acids is 1. The first-order valence-corrected chi connectivity index (χ1v) is 11.8. The van der Waals surface area contributed by atoms with E-state index in [1.807, 2.05) is 30.3 Å². The molecular weight excluding hydrogens is 472 g/mol. The van der Waals surface area contributed by atoms with Gasteiger partial charge in [-0.1, -0.05) is 30.3 Å². The number of anilines is 1. The van der Waals surface area contributed by atoms with Crippen molar-refractivity contribution in [3.05, 3.63) is 70.4 Å². The Morgan fingerprint density at radius 2 is 1.91 bits per heavy atom. The van der Waals surface area contributed by atoms with E-state index >= 15 is 0 Å². The highest BCUT2D eigenvalue weighted by atomic mass is 32.1. The molecule has 1 aliphatic heterocycles. The number of hydrogen-bond acceptors (Lipinski definition) is 7. The van der Waals surface area contributed by atoms with E-state index in [-0.39, 0.29) is 49.2 Å². The quantitative estimate of drug-likeness (QED) is 0.387. The average Bonchev–Trinajstić information content (AvgIpc) is 3.50. The van der Waals surface area contributed by atoms with E-state index in [2.05, 4.69) is 15.4 Å². The van der Waals surface area contributed by atoms with E-state index in [0.717, 1.165) is 10.6 Å². The number of nitrogens with one attached hydrogen (secondary N) is 1. The van der Waals surface area contributed by atoms with Gasteiger partial charge in [-0.15, -0.1) is 11.3 Å². The summed E-state index contributed by atoms with van der Waals surface area (Å²) in [6, 6.07) is 11.1. The van der Waals surface area contributed by atoms with Crippen molar-refractivity contribution >= 4 is 34.5 Å². The van der Waals surface area contributed by atoms with Gasteiger partial charge in [0, 0.05) is 24.0 Å². The van der Waals surface area contributed by atoms with Gasteiger partial charge < -0.3 is 20.4 Å². The molecule has 2 amide bonds. The normalized spacial score (nSPS) is 15.3. The van der Waals surface area contributed by atoms with Crippen molar-refractivity contribution in [1.82, 2.24) is 24.1 Å². The zero-order valence-electron chi connectivity index (χ0n) is 18.5. The van der Waals surface area contributed by atoms with Gasteiger partial charge in [0.05, 0.1) is 24.0 Å². The maximum absolute atomic E-state index is 13.0. The van der Waals surface area contributed by atoms with E-state index in [1.165, 1.54) is 43.9 Å². The molecule has 1 aliphatic rings. The minimum Gasteiger partial charge on any atom is -0.465 e. The Hall–Kier alpha value is -4.03. The van der Waals surface area contributed by atoms with Crippen molar-refractivity contribution in [2.75, 3.05) is 18.4 Å². The molecule has 35 heavy (non-hydrogen) atoms. The zero-order chi connectivity index (χ0) is 24.6. The van der Waals surface area contributed by atoms with Crippen LogP contribution in [0.4, 0.5) is 10.5 Å². The molecule has 12 heteroatoms. The molecular formula is C23H22N6O5S. The van der Waals surface area contributed by atoms with Crippen LogP contribution in [0.1, 0.15) is 23.3 Å². The number of amides is 2. The van der Waals surface area contributed by atoms with Crippen molar-refractivity contribution in [3.8, 4) is 10.6 Å². The molecule has 3 aromatic heterocycles. The molecule has 180 valence electrons. The molecule has 0 bridgehead atoms. The summed E-state index contributed by atoms with van der Waals surface area (Å²) in [5.74, 6) is -0.404. The third kappa shape index (κ3) is 4.66. The number of piperidine rings is 1. The Morgan fingerprint density at radius 1 is 1.17 bits per heavy atom. The summed E-state index contributed by atoms with van der Waals surface area (Å²) in [5.41, 5.74) is 0.225. The summed E-state index contributed by atoms with van der Waals surface area (Å²) >= 11 is 1.37. The first kappa shape index (κ1) is 22.7. The summed E-state index contributed by atoms with van der Waals surface area (Å²) in [7, 11) is 0. The van der Waals surface area contributed by atoms with Crippen LogP contribution < -0.4 is 10.9 Å². The first-order chi connectivity index (χ1) is 16.8. The molecule has 4 aromatic rings. The second-order valence-electron chi connectivity index (χ2n) is 8.47. The molecule has 0 saturated carbocycles. The fourth-order valence-electron chi connectivity index (χ4n) is 4.08. The topological polar surface area (TPSA) is 142 Å². The van der Waals surface area contributed by atoms with Gasteiger partial charge in [0.25, 0.3) is 11.5 Å². The number of rotatable bonds is 5. The number of thiazole rings is 1. The molecule has 0 atom stereocenters. The molecule has 3 N–H and O–H groups in total. The molecule has 1 aromatic carbocycles. The van der Waals surface area contributed by atoms with Gasteiger partial charge in [0.15, 0.2) is 0 Å². The summed E-state index contributed by atoms with van der Waals surface area (Å²) in [6.45, 7) is 0.386. The van der Waals surface area contributed by atoms with E-state index in [0.29, 0.717) is 5.69 Å². The molecule has 0 radical (unpaired) electrons. The molecule has 0 spiro atoms. The monoisotopic (exact) mass is 494 g/mol. The third-order valence-electron chi connectivity index (χ3n) is 6.04. The predicted molar refractivity (Wildman–Crippen MR) is 129 cm³/mol. The van der Waals surface area contributed by atoms with Crippen LogP contribution in [0.15, 0.2) is 59.1 Å². The smallest absolute Gasteiger partial charge is 0.407 e. The number of benzene rings is 1. The predicted octanol–water partition coefficient (Wildman–Crippen LogP) is 2.38. The lowest BCUT2D eigenvalue weighted by atomic mass is 9.91. The van der Waals surface area contributed by atoms with E-state index in [9.17, 15) is 19.5 Å². The number of nitrogens with zero attached hydrogens (tertiary/aromatic N) is 5. The number of carboxylic acid groups (broad SMARTS) is 1. The third-order valence-corrected chi connectivity index (χ3v) is 6.93. The zero-order valence-corrected chi connectivity index (χ0v) is 19.3. The fraction of sp³-hybridized carbons (Fsp3) is 0.261. The highest BCUT2D eigenvalue weighted by Crippen LogP contribution is 2.25. The molecule has 0 aliphatic carbocycles. The van der Waals surface area contributed by atoms with Crippen molar-refractivity contribution < 1.29 is 19.8 Å². The van der Waals surface area contributed by atoms with Crippen LogP contribution in [0, 0.1) is 0 Å². The lowest BCUT2D eigenvalue weighted by Crippen LogP contribution is -2.49. The minimum atomic E-state index is -1.21. The average molecular weight is 495 g/mol. The Balaban J connectivity index is 1.31. The van der Waals surface area contributed by atoms with E-state index < -0.39 is 17.6 Å². The first-order valence-electron chi connectivity index (χ1n) is 10.9. The second kappa shape index (κ2) is 8.96. The molecule has 5 rings (SSSR count). The Morgan fingerprint density at radius 3 is 2.63 bits per heavy atom. The summed E-state index contributed by atoms with van der Waals surface area (Å²) in [4.78, 5) is 42.5. The SMILES string of the molecule is O=C(Nc1cc2c(=O)n(CC3(O)CCN(C(=O)O)CC3)cnn2c1)c1csc(-c2ccccc2)n1. The van der Waals surface area contributed by atoms with Crippen LogP contribution in [0.5, 0.6) is 0 Å². The van der Waals surface area contributed by atoms with Gasteiger partial charge in [-0.25, -0.2) is 14.3 Å². The van der Waals surface area contributed by atoms with Gasteiger partial charge in [-0.2, -0.15) is 5.10 Å². The van der Waals surface area contributed by atoms with Crippen molar-refractivity contribution in [2.45, 2.75) is 25.0 Å². The Bertz CT molecular complexity index is 1450. The highest BCUT2D eigenvalue weighted by molar-refractivity contribution is 7.13. The van der Waals surface area contributed by atoms with E-state index in [1.54, 1.807) is 5.38 Å². The lowest BCUT2D eigenvalue weighted by molar-refractivity contribution is -0.0305. The number of aromatic nitrogens is 4. The summed E-state index contributed by atoms with van der Waals surface area (Å²) in [6.07, 6.45) is 2.28. The molecule has 4 heterocycles. The number of fused-ring (bicyclic) bond motifs is 1. The van der Waals surface area contributed by atoms with Gasteiger partial charge in [-0.3, -0.25) is 14.2 Å². The second-order valence-corrected chi connectivity index (χ2v) is 9.33. The minimum absolute atomic E-state index is 0.00322. The van der Waals surface area contributed by atoms with Crippen LogP contribution in [-0.2, 0) is 6.54 Å². The van der Waals surface area contributed by atoms with Gasteiger partial charge >= 0.3 is 6.09 Å². The standard InChI is InChI=1S/C23H22N6O5S/c30-19(17-12-35-20(26-17)15-4-2-1-3-5-15)25-16-10-18-21(31)28(14-24-29(18)11-16)13-23(34)6-8-27(9-7-23)22(32)33/h1-5,10-12,14,34H,6-9,13H2,(H,25,30)(H,32,33). The van der Waals surface area contributed by atoms with Gasteiger partial charge in [-0.05, 0) is 18.9 Å². The Kier molecular flexibility index (Phi) is 5.83. The van der Waals surface area contributed by atoms with Gasteiger partial charge in [0.2, 0.25) is 0 Å². The maximum Gasteiger partial charge on any atom is 0.407 e.